The van der Waals surface area contributed by atoms with Crippen molar-refractivity contribution in [2.75, 3.05) is 5.32 Å². The van der Waals surface area contributed by atoms with Gasteiger partial charge in [-0.3, -0.25) is 4.79 Å². The summed E-state index contributed by atoms with van der Waals surface area (Å²) in [6.07, 6.45) is 3.34. The Morgan fingerprint density at radius 1 is 1.25 bits per heavy atom. The molecule has 0 aliphatic heterocycles. The van der Waals surface area contributed by atoms with Crippen LogP contribution in [-0.2, 0) is 13.1 Å². The van der Waals surface area contributed by atoms with Crippen LogP contribution in [0.3, 0.4) is 0 Å². The molecule has 106 valence electrons. The molecule has 0 atom stereocenters. The minimum atomic E-state index is -0.0962. The van der Waals surface area contributed by atoms with Crippen LogP contribution in [0.25, 0.3) is 0 Å². The molecule has 2 aromatic rings. The van der Waals surface area contributed by atoms with Gasteiger partial charge in [0.25, 0.3) is 5.56 Å². The van der Waals surface area contributed by atoms with Crippen LogP contribution in [0.4, 0.5) is 5.82 Å². The van der Waals surface area contributed by atoms with Crippen molar-refractivity contribution < 1.29 is 0 Å². The Morgan fingerprint density at radius 3 is 2.50 bits per heavy atom. The molecule has 5 heteroatoms. The third-order valence-corrected chi connectivity index (χ3v) is 3.14. The van der Waals surface area contributed by atoms with Gasteiger partial charge in [0.1, 0.15) is 0 Å². The van der Waals surface area contributed by atoms with E-state index in [1.165, 1.54) is 0 Å². The molecule has 0 bridgehead atoms. The molecule has 0 radical (unpaired) electrons. The van der Waals surface area contributed by atoms with E-state index < -0.39 is 0 Å². The molecule has 2 rings (SSSR count). The van der Waals surface area contributed by atoms with Crippen molar-refractivity contribution in [2.45, 2.75) is 33.0 Å². The highest BCUT2D eigenvalue weighted by molar-refractivity contribution is 5.33. The van der Waals surface area contributed by atoms with Gasteiger partial charge < -0.3 is 15.6 Å². The van der Waals surface area contributed by atoms with E-state index in [0.29, 0.717) is 18.9 Å². The summed E-state index contributed by atoms with van der Waals surface area (Å²) in [6, 6.07) is 8.09. The molecule has 0 fully saturated rings. The Hall–Kier alpha value is -2.14. The van der Waals surface area contributed by atoms with Crippen molar-refractivity contribution in [3.05, 3.63) is 58.1 Å². The second kappa shape index (κ2) is 6.34. The lowest BCUT2D eigenvalue weighted by Gasteiger charge is -2.11. The van der Waals surface area contributed by atoms with Gasteiger partial charge in [0.05, 0.1) is 0 Å². The van der Waals surface area contributed by atoms with Crippen LogP contribution in [-0.4, -0.2) is 9.55 Å². The average molecular weight is 272 g/mol. The zero-order valence-corrected chi connectivity index (χ0v) is 11.8. The number of benzene rings is 1. The fourth-order valence-electron chi connectivity index (χ4n) is 1.93. The number of hydrogen-bond donors (Lipinski definition) is 2. The molecule has 1 aromatic heterocycles. The van der Waals surface area contributed by atoms with Gasteiger partial charge in [-0.25, -0.2) is 4.98 Å². The normalized spacial score (nSPS) is 10.8. The Labute approximate surface area is 118 Å². The number of nitrogens with zero attached hydrogens (tertiary/aromatic N) is 2. The predicted molar refractivity (Wildman–Crippen MR) is 80.5 cm³/mol. The fraction of sp³-hybridized carbons (Fsp3) is 0.333. The minimum Gasteiger partial charge on any atom is -0.361 e. The van der Waals surface area contributed by atoms with Crippen LogP contribution in [0.2, 0.25) is 0 Å². The zero-order chi connectivity index (χ0) is 14.5. The molecule has 0 amide bonds. The third-order valence-electron chi connectivity index (χ3n) is 3.14. The molecule has 0 aliphatic carbocycles. The van der Waals surface area contributed by atoms with E-state index in [0.717, 1.165) is 11.1 Å². The smallest absolute Gasteiger partial charge is 0.293 e. The van der Waals surface area contributed by atoms with Crippen LogP contribution in [0.1, 0.15) is 31.0 Å². The minimum absolute atomic E-state index is 0.0962. The standard InChI is InChI=1S/C15H20N4O/c1-11(2)19-8-7-17-14(15(19)20)18-10-13-5-3-12(9-16)4-6-13/h3-8,11H,9-10,16H2,1-2H3,(H,17,18). The molecular formula is C15H20N4O. The summed E-state index contributed by atoms with van der Waals surface area (Å²) < 4.78 is 1.66. The fourth-order valence-corrected chi connectivity index (χ4v) is 1.93. The summed E-state index contributed by atoms with van der Waals surface area (Å²) in [5.41, 5.74) is 7.64. The van der Waals surface area contributed by atoms with Crippen LogP contribution in [0.15, 0.2) is 41.5 Å². The van der Waals surface area contributed by atoms with Gasteiger partial charge in [-0.1, -0.05) is 24.3 Å². The monoisotopic (exact) mass is 272 g/mol. The molecule has 0 saturated heterocycles. The lowest BCUT2D eigenvalue weighted by Crippen LogP contribution is -2.25. The first-order valence-electron chi connectivity index (χ1n) is 6.70. The van der Waals surface area contributed by atoms with Crippen molar-refractivity contribution in [1.29, 1.82) is 0 Å². The topological polar surface area (TPSA) is 72.9 Å². The Balaban J connectivity index is 2.10. The first-order chi connectivity index (χ1) is 9.61. The highest BCUT2D eigenvalue weighted by Crippen LogP contribution is 2.06. The number of nitrogens with two attached hydrogens (primary N) is 1. The van der Waals surface area contributed by atoms with Crippen molar-refractivity contribution >= 4 is 5.82 Å². The number of nitrogens with one attached hydrogen (secondary N) is 1. The molecule has 20 heavy (non-hydrogen) atoms. The summed E-state index contributed by atoms with van der Waals surface area (Å²) in [5, 5.41) is 3.09. The highest BCUT2D eigenvalue weighted by Gasteiger charge is 2.06. The molecule has 0 aliphatic rings. The second-order valence-electron chi connectivity index (χ2n) is 4.96. The average Bonchev–Trinajstić information content (AvgIpc) is 2.46. The van der Waals surface area contributed by atoms with Gasteiger partial charge in [-0.05, 0) is 25.0 Å². The first-order valence-corrected chi connectivity index (χ1v) is 6.70. The van der Waals surface area contributed by atoms with Crippen molar-refractivity contribution in [3.63, 3.8) is 0 Å². The van der Waals surface area contributed by atoms with Gasteiger partial charge in [0, 0.05) is 31.5 Å². The Kier molecular flexibility index (Phi) is 4.53. The van der Waals surface area contributed by atoms with E-state index in [-0.39, 0.29) is 11.6 Å². The van der Waals surface area contributed by atoms with Gasteiger partial charge in [0.2, 0.25) is 0 Å². The maximum atomic E-state index is 12.2. The second-order valence-corrected chi connectivity index (χ2v) is 4.96. The molecule has 3 N–H and O–H groups in total. The van der Waals surface area contributed by atoms with E-state index in [9.17, 15) is 4.79 Å². The van der Waals surface area contributed by atoms with Crippen molar-refractivity contribution in [3.8, 4) is 0 Å². The molecule has 0 saturated carbocycles. The number of hydrogen-bond acceptors (Lipinski definition) is 4. The van der Waals surface area contributed by atoms with E-state index in [1.807, 2.05) is 38.1 Å². The summed E-state index contributed by atoms with van der Waals surface area (Å²) in [5.74, 6) is 0.379. The van der Waals surface area contributed by atoms with Crippen LogP contribution < -0.4 is 16.6 Å². The van der Waals surface area contributed by atoms with E-state index >= 15 is 0 Å². The Bertz CT molecular complexity index is 617. The van der Waals surface area contributed by atoms with E-state index in [2.05, 4.69) is 10.3 Å². The largest absolute Gasteiger partial charge is 0.361 e. The quantitative estimate of drug-likeness (QED) is 0.872. The van der Waals surface area contributed by atoms with Crippen LogP contribution in [0.5, 0.6) is 0 Å². The van der Waals surface area contributed by atoms with Gasteiger partial charge in [-0.2, -0.15) is 0 Å². The molecule has 5 nitrogen and oxygen atoms in total. The molecule has 1 heterocycles. The Morgan fingerprint density at radius 2 is 1.90 bits per heavy atom. The lowest BCUT2D eigenvalue weighted by molar-refractivity contribution is 0.575. The maximum absolute atomic E-state index is 12.2. The third kappa shape index (κ3) is 3.24. The maximum Gasteiger partial charge on any atom is 0.293 e. The summed E-state index contributed by atoms with van der Waals surface area (Å²) >= 11 is 0. The van der Waals surface area contributed by atoms with Crippen molar-refractivity contribution in [2.24, 2.45) is 5.73 Å². The van der Waals surface area contributed by atoms with Crippen LogP contribution >= 0.6 is 0 Å². The van der Waals surface area contributed by atoms with Crippen LogP contribution in [0, 0.1) is 0 Å². The predicted octanol–water partition coefficient (Wildman–Crippen LogP) is 1.89. The van der Waals surface area contributed by atoms with Crippen molar-refractivity contribution in [1.82, 2.24) is 9.55 Å². The number of rotatable bonds is 5. The van der Waals surface area contributed by atoms with E-state index in [1.54, 1.807) is 17.0 Å². The van der Waals surface area contributed by atoms with Gasteiger partial charge >= 0.3 is 0 Å². The molecule has 0 unspecified atom stereocenters. The van der Waals surface area contributed by atoms with Gasteiger partial charge in [-0.15, -0.1) is 0 Å². The zero-order valence-electron chi connectivity index (χ0n) is 11.8. The first kappa shape index (κ1) is 14.3. The SMILES string of the molecule is CC(C)n1ccnc(NCc2ccc(CN)cc2)c1=O. The number of anilines is 1. The molecule has 1 aromatic carbocycles. The summed E-state index contributed by atoms with van der Waals surface area (Å²) in [4.78, 5) is 16.3. The molecule has 0 spiro atoms. The molecular weight excluding hydrogens is 252 g/mol. The lowest BCUT2D eigenvalue weighted by atomic mass is 10.1. The summed E-state index contributed by atoms with van der Waals surface area (Å²) in [6.45, 7) is 5.04. The highest BCUT2D eigenvalue weighted by atomic mass is 16.1. The number of aromatic nitrogens is 2. The summed E-state index contributed by atoms with van der Waals surface area (Å²) in [7, 11) is 0. The van der Waals surface area contributed by atoms with E-state index in [4.69, 9.17) is 5.73 Å². The van der Waals surface area contributed by atoms with Gasteiger partial charge in [0.15, 0.2) is 5.82 Å².